The van der Waals surface area contributed by atoms with Crippen LogP contribution in [0.5, 0.6) is 0 Å². The van der Waals surface area contributed by atoms with Crippen molar-refractivity contribution in [2.75, 3.05) is 5.32 Å². The number of rotatable bonds is 5. The Balaban J connectivity index is 1.23. The number of thiazole rings is 1. The van der Waals surface area contributed by atoms with E-state index in [0.29, 0.717) is 6.54 Å². The summed E-state index contributed by atoms with van der Waals surface area (Å²) in [5.41, 5.74) is 4.60. The number of aliphatic hydroxyl groups excluding tert-OH is 1. The third-order valence-corrected chi connectivity index (χ3v) is 6.92. The van der Waals surface area contributed by atoms with Gasteiger partial charge in [-0.05, 0) is 36.6 Å². The van der Waals surface area contributed by atoms with Crippen molar-refractivity contribution in [1.29, 1.82) is 0 Å². The Morgan fingerprint density at radius 1 is 1.09 bits per heavy atom. The second kappa shape index (κ2) is 7.95. The van der Waals surface area contributed by atoms with E-state index in [1.165, 1.54) is 6.33 Å². The van der Waals surface area contributed by atoms with E-state index < -0.39 is 0 Å². The fourth-order valence-electron chi connectivity index (χ4n) is 4.28. The van der Waals surface area contributed by atoms with Crippen LogP contribution < -0.4 is 5.32 Å². The molecule has 4 aromatic heterocycles. The molecule has 162 valence electrons. The summed E-state index contributed by atoms with van der Waals surface area (Å²) in [6, 6.07) is 8.37. The van der Waals surface area contributed by atoms with Gasteiger partial charge in [-0.15, -0.1) is 0 Å². The Bertz CT molecular complexity index is 1380. The maximum atomic E-state index is 10.2. The van der Waals surface area contributed by atoms with Gasteiger partial charge in [0.1, 0.15) is 18.2 Å². The summed E-state index contributed by atoms with van der Waals surface area (Å²) in [5.74, 6) is 0. The first-order valence-electron chi connectivity index (χ1n) is 10.7. The lowest BCUT2D eigenvalue weighted by Gasteiger charge is -2.27. The molecule has 5 aromatic rings. The monoisotopic (exact) mass is 446 g/mol. The van der Waals surface area contributed by atoms with E-state index in [2.05, 4.69) is 43.6 Å². The van der Waals surface area contributed by atoms with Crippen LogP contribution in [-0.4, -0.2) is 51.5 Å². The van der Waals surface area contributed by atoms with E-state index in [1.54, 1.807) is 28.5 Å². The number of fused-ring (bicyclic) bond motifs is 2. The van der Waals surface area contributed by atoms with Crippen LogP contribution >= 0.6 is 11.3 Å². The summed E-state index contributed by atoms with van der Waals surface area (Å²) in [6.45, 7) is 0.671. The summed E-state index contributed by atoms with van der Waals surface area (Å²) in [6.07, 6.45) is 10.5. The molecule has 6 rings (SSSR count). The van der Waals surface area contributed by atoms with Crippen LogP contribution in [0.1, 0.15) is 31.2 Å². The van der Waals surface area contributed by atoms with Crippen molar-refractivity contribution in [3.63, 3.8) is 0 Å². The zero-order valence-electron chi connectivity index (χ0n) is 17.3. The van der Waals surface area contributed by atoms with Crippen LogP contribution in [0.2, 0.25) is 0 Å². The van der Waals surface area contributed by atoms with Crippen LogP contribution in [0.15, 0.2) is 49.4 Å². The normalized spacial score (nSPS) is 19.0. The second-order valence-electron chi connectivity index (χ2n) is 8.17. The first-order valence-corrected chi connectivity index (χ1v) is 11.5. The molecule has 0 saturated heterocycles. The fraction of sp³-hybridized carbons (Fsp3) is 0.318. The van der Waals surface area contributed by atoms with Crippen molar-refractivity contribution in [2.24, 2.45) is 0 Å². The number of imidazole rings is 1. The largest absolute Gasteiger partial charge is 0.391 e. The van der Waals surface area contributed by atoms with E-state index in [4.69, 9.17) is 4.98 Å². The highest BCUT2D eigenvalue weighted by molar-refractivity contribution is 7.22. The molecular formula is C22H22N8OS. The minimum atomic E-state index is -0.293. The van der Waals surface area contributed by atoms with Gasteiger partial charge in [0.25, 0.3) is 0 Å². The Morgan fingerprint density at radius 2 is 2.03 bits per heavy atom. The average molecular weight is 447 g/mol. The first-order chi connectivity index (χ1) is 15.7. The van der Waals surface area contributed by atoms with Crippen molar-refractivity contribution in [2.45, 2.75) is 44.4 Å². The maximum absolute atomic E-state index is 10.2. The van der Waals surface area contributed by atoms with Crippen molar-refractivity contribution in [3.8, 4) is 5.69 Å². The molecule has 0 amide bonds. The second-order valence-corrected chi connectivity index (χ2v) is 9.20. The number of hydrogen-bond donors (Lipinski definition) is 2. The molecule has 1 fully saturated rings. The molecule has 0 spiro atoms. The van der Waals surface area contributed by atoms with Crippen LogP contribution in [0.3, 0.4) is 0 Å². The van der Waals surface area contributed by atoms with Gasteiger partial charge >= 0.3 is 0 Å². The number of pyridine rings is 1. The molecule has 4 heterocycles. The SMILES string of the molecule is O[C@@H]1CCCC[C@H]1Nc1nc2ccc(Cn3cnc4cc(-n5cncn5)cnc43)cc2s1. The highest BCUT2D eigenvalue weighted by Gasteiger charge is 2.23. The molecule has 0 unspecified atom stereocenters. The molecule has 0 aliphatic heterocycles. The van der Waals surface area contributed by atoms with Gasteiger partial charge < -0.3 is 15.0 Å². The summed E-state index contributed by atoms with van der Waals surface area (Å²) in [4.78, 5) is 17.8. The number of aromatic nitrogens is 7. The summed E-state index contributed by atoms with van der Waals surface area (Å²) in [7, 11) is 0. The zero-order valence-corrected chi connectivity index (χ0v) is 18.1. The lowest BCUT2D eigenvalue weighted by atomic mass is 9.93. The van der Waals surface area contributed by atoms with Gasteiger partial charge in [-0.3, -0.25) is 0 Å². The summed E-state index contributed by atoms with van der Waals surface area (Å²) in [5, 5.41) is 18.7. The average Bonchev–Trinajstić information content (AvgIpc) is 3.55. The Hall–Kier alpha value is -3.37. The van der Waals surface area contributed by atoms with E-state index in [0.717, 1.165) is 63.4 Å². The summed E-state index contributed by atoms with van der Waals surface area (Å²) < 4.78 is 4.84. The van der Waals surface area contributed by atoms with Gasteiger partial charge in [-0.25, -0.2) is 24.6 Å². The number of anilines is 1. The topological polar surface area (TPSA) is 107 Å². The zero-order chi connectivity index (χ0) is 21.5. The van der Waals surface area contributed by atoms with Crippen molar-refractivity contribution in [1.82, 2.24) is 34.3 Å². The molecule has 0 radical (unpaired) electrons. The minimum Gasteiger partial charge on any atom is -0.391 e. The van der Waals surface area contributed by atoms with Crippen molar-refractivity contribution in [3.05, 3.63) is 55.0 Å². The van der Waals surface area contributed by atoms with Crippen molar-refractivity contribution < 1.29 is 5.11 Å². The molecule has 1 aromatic carbocycles. The first kappa shape index (κ1) is 19.3. The molecule has 1 saturated carbocycles. The number of nitrogens with zero attached hydrogens (tertiary/aromatic N) is 7. The van der Waals surface area contributed by atoms with Gasteiger partial charge in [0.15, 0.2) is 10.8 Å². The lowest BCUT2D eigenvalue weighted by molar-refractivity contribution is 0.116. The number of hydrogen-bond acceptors (Lipinski definition) is 8. The Morgan fingerprint density at radius 3 is 2.91 bits per heavy atom. The quantitative estimate of drug-likeness (QED) is 0.426. The van der Waals surface area contributed by atoms with Gasteiger partial charge in [-0.2, -0.15) is 5.10 Å². The van der Waals surface area contributed by atoms with Gasteiger partial charge in [0.05, 0.1) is 47.1 Å². The molecule has 32 heavy (non-hydrogen) atoms. The Kier molecular flexibility index (Phi) is 4.80. The minimum absolute atomic E-state index is 0.0922. The highest BCUT2D eigenvalue weighted by Crippen LogP contribution is 2.30. The molecule has 0 bridgehead atoms. The van der Waals surface area contributed by atoms with E-state index in [-0.39, 0.29) is 12.1 Å². The molecule has 2 atom stereocenters. The van der Waals surface area contributed by atoms with Crippen LogP contribution in [-0.2, 0) is 6.54 Å². The van der Waals surface area contributed by atoms with Crippen LogP contribution in [0.4, 0.5) is 5.13 Å². The van der Waals surface area contributed by atoms with Crippen molar-refractivity contribution >= 4 is 37.8 Å². The van der Waals surface area contributed by atoms with E-state index in [1.807, 2.05) is 17.0 Å². The third-order valence-electron chi connectivity index (χ3n) is 5.97. The van der Waals surface area contributed by atoms with E-state index in [9.17, 15) is 5.11 Å². The molecule has 1 aliphatic carbocycles. The third kappa shape index (κ3) is 3.61. The number of aliphatic hydroxyl groups is 1. The standard InChI is InChI=1S/C22H22N8OS/c31-19-4-2-1-3-16(19)27-22-28-17-6-5-14(7-20(17)32-22)10-29-13-25-18-8-15(9-24-21(18)29)30-12-23-11-26-30/h5-9,11-13,16,19,31H,1-4,10H2,(H,27,28)/t16-,19-/m1/s1. The predicted octanol–water partition coefficient (Wildman–Crippen LogP) is 3.39. The maximum Gasteiger partial charge on any atom is 0.184 e. The highest BCUT2D eigenvalue weighted by atomic mass is 32.1. The molecule has 9 nitrogen and oxygen atoms in total. The predicted molar refractivity (Wildman–Crippen MR) is 123 cm³/mol. The van der Waals surface area contributed by atoms with Gasteiger partial charge in [0, 0.05) is 0 Å². The van der Waals surface area contributed by atoms with Crippen LogP contribution in [0, 0.1) is 0 Å². The number of nitrogens with one attached hydrogen (secondary N) is 1. The van der Waals surface area contributed by atoms with Gasteiger partial charge in [-0.1, -0.05) is 30.2 Å². The number of benzene rings is 1. The molecule has 10 heteroatoms. The lowest BCUT2D eigenvalue weighted by Crippen LogP contribution is -2.36. The van der Waals surface area contributed by atoms with E-state index >= 15 is 0 Å². The smallest absolute Gasteiger partial charge is 0.184 e. The fourth-order valence-corrected chi connectivity index (χ4v) is 5.28. The summed E-state index contributed by atoms with van der Waals surface area (Å²) >= 11 is 1.63. The van der Waals surface area contributed by atoms with Gasteiger partial charge in [0.2, 0.25) is 0 Å². The van der Waals surface area contributed by atoms with Crippen LogP contribution in [0.25, 0.3) is 27.1 Å². The molecular weight excluding hydrogens is 424 g/mol. The molecule has 1 aliphatic rings. The molecule has 2 N–H and O–H groups in total. The Labute approximate surface area is 187 Å².